The minimum absolute atomic E-state index is 0.192. The second kappa shape index (κ2) is 6.41. The zero-order chi connectivity index (χ0) is 14.8. The van der Waals surface area contributed by atoms with E-state index < -0.39 is 10.3 Å². The van der Waals surface area contributed by atoms with Gasteiger partial charge in [-0.2, -0.15) is 5.10 Å². The largest absolute Gasteiger partial charge is 0.333 e. The van der Waals surface area contributed by atoms with Crippen LogP contribution in [-0.4, -0.2) is 33.6 Å². The summed E-state index contributed by atoms with van der Waals surface area (Å²) < 4.78 is 8.99. The van der Waals surface area contributed by atoms with Crippen LogP contribution in [0.3, 0.4) is 0 Å². The van der Waals surface area contributed by atoms with Crippen molar-refractivity contribution >= 4 is 51.6 Å². The number of hydrogen-bond acceptors (Lipinski definition) is 3. The molecule has 19 heavy (non-hydrogen) atoms. The molecule has 0 aliphatic rings. The lowest BCUT2D eigenvalue weighted by atomic mass is 10.3. The van der Waals surface area contributed by atoms with E-state index in [0.29, 0.717) is 6.61 Å². The first-order chi connectivity index (χ1) is 8.56. The third kappa shape index (κ3) is 4.41. The minimum Gasteiger partial charge on any atom is -0.333 e. The normalized spacial score (nSPS) is 14.3. The molecule has 0 spiro atoms. The Kier molecular flexibility index (Phi) is 5.86. The molecule has 0 saturated heterocycles. The number of nitrogens with zero attached hydrogens (tertiary/aromatic N) is 2. The fourth-order valence-electron chi connectivity index (χ4n) is 1.22. The molecule has 0 radical (unpaired) electrons. The molecular formula is C13H23IN2OS2. The van der Waals surface area contributed by atoms with Crippen molar-refractivity contribution in [2.45, 2.75) is 30.4 Å². The fraction of sp³-hybridized carbons (Fsp3) is 0.615. The van der Waals surface area contributed by atoms with Gasteiger partial charge in [0, 0.05) is 11.8 Å². The Morgan fingerprint density at radius 2 is 2.00 bits per heavy atom. The number of hydrogen-bond donors (Lipinski definition) is 1. The first-order valence-electron chi connectivity index (χ1n) is 6.01. The molecule has 1 heterocycles. The quantitative estimate of drug-likeness (QED) is 0.593. The van der Waals surface area contributed by atoms with Crippen LogP contribution >= 0.6 is 45.5 Å². The maximum absolute atomic E-state index is 6.04. The molecule has 0 unspecified atom stereocenters. The van der Waals surface area contributed by atoms with E-state index >= 15 is 0 Å². The molecule has 0 fully saturated rings. The topological polar surface area (TPSA) is 27.1 Å². The van der Waals surface area contributed by atoms with Gasteiger partial charge < -0.3 is 4.18 Å². The van der Waals surface area contributed by atoms with Crippen molar-refractivity contribution < 1.29 is 4.18 Å². The zero-order valence-electron chi connectivity index (χ0n) is 12.4. The van der Waals surface area contributed by atoms with E-state index in [9.17, 15) is 0 Å². The summed E-state index contributed by atoms with van der Waals surface area (Å²) >= 11 is 6.65. The summed E-state index contributed by atoms with van der Waals surface area (Å²) in [6.07, 6.45) is 8.47. The van der Waals surface area contributed by atoms with Gasteiger partial charge in [-0.1, -0.05) is 26.8 Å². The summed E-state index contributed by atoms with van der Waals surface area (Å²) in [5.41, 5.74) is 1.01. The molecule has 0 saturated carbocycles. The molecule has 1 aromatic rings. The number of halogens is 1. The Bertz CT molecular complexity index is 476. The van der Waals surface area contributed by atoms with Gasteiger partial charge in [0.25, 0.3) is 0 Å². The second-order valence-corrected chi connectivity index (χ2v) is 11.1. The monoisotopic (exact) mass is 414 g/mol. The molecule has 0 bridgehead atoms. The molecule has 0 amide bonds. The van der Waals surface area contributed by atoms with Crippen LogP contribution in [0.5, 0.6) is 0 Å². The molecule has 1 aromatic heterocycles. The maximum atomic E-state index is 6.04. The van der Waals surface area contributed by atoms with Crippen molar-refractivity contribution in [3.63, 3.8) is 0 Å². The van der Waals surface area contributed by atoms with Gasteiger partial charge in [-0.3, -0.25) is 4.68 Å². The highest BCUT2D eigenvalue weighted by Crippen LogP contribution is 2.53. The number of aromatic nitrogens is 2. The lowest BCUT2D eigenvalue weighted by Gasteiger charge is -2.43. The van der Waals surface area contributed by atoms with Crippen molar-refractivity contribution in [2.75, 3.05) is 19.1 Å². The fourth-order valence-corrected chi connectivity index (χ4v) is 2.86. The Morgan fingerprint density at radius 1 is 1.42 bits per heavy atom. The molecule has 0 aromatic carbocycles. The van der Waals surface area contributed by atoms with Gasteiger partial charge in [-0.15, -0.1) is 22.9 Å². The highest BCUT2D eigenvalue weighted by molar-refractivity contribution is 14.1. The molecular weight excluding hydrogens is 391 g/mol. The average Bonchev–Trinajstić information content (AvgIpc) is 2.48. The van der Waals surface area contributed by atoms with Crippen molar-refractivity contribution in [1.29, 1.82) is 0 Å². The second-order valence-electron chi connectivity index (χ2n) is 5.68. The molecule has 0 aliphatic heterocycles. The zero-order valence-corrected chi connectivity index (χ0v) is 16.3. The van der Waals surface area contributed by atoms with E-state index in [-0.39, 0.29) is 4.75 Å². The van der Waals surface area contributed by atoms with Crippen molar-refractivity contribution in [3.05, 3.63) is 15.5 Å². The first kappa shape index (κ1) is 17.4. The third-order valence-electron chi connectivity index (χ3n) is 3.23. The minimum atomic E-state index is -1.06. The standard InChI is InChI=1S/C13H23IN2OS2/c1-13(2,3)19(5,6)17-9-7-8-10-11(18)12(14)15-16(10)4/h7-8,18H,9H2,1-6H3/b8-7+. The molecule has 0 atom stereocenters. The van der Waals surface area contributed by atoms with Crippen molar-refractivity contribution in [1.82, 2.24) is 9.78 Å². The Hall–Kier alpha value is 0.340. The van der Waals surface area contributed by atoms with E-state index in [1.165, 1.54) is 0 Å². The van der Waals surface area contributed by atoms with Crippen LogP contribution in [-0.2, 0) is 11.2 Å². The predicted octanol–water partition coefficient (Wildman–Crippen LogP) is 4.12. The van der Waals surface area contributed by atoms with Crippen LogP contribution in [0.2, 0.25) is 0 Å². The summed E-state index contributed by atoms with van der Waals surface area (Å²) in [4.78, 5) is 0.918. The van der Waals surface area contributed by atoms with Crippen LogP contribution in [0.25, 0.3) is 6.08 Å². The van der Waals surface area contributed by atoms with Crippen LogP contribution < -0.4 is 0 Å². The number of rotatable bonds is 4. The summed E-state index contributed by atoms with van der Waals surface area (Å²) in [6, 6.07) is 0. The lowest BCUT2D eigenvalue weighted by molar-refractivity contribution is 0.399. The van der Waals surface area contributed by atoms with Crippen LogP contribution in [0.15, 0.2) is 11.0 Å². The van der Waals surface area contributed by atoms with Gasteiger partial charge in [-0.25, -0.2) is 0 Å². The van der Waals surface area contributed by atoms with E-state index in [2.05, 4.69) is 73.6 Å². The van der Waals surface area contributed by atoms with E-state index in [0.717, 1.165) is 14.3 Å². The third-order valence-corrected chi connectivity index (χ3v) is 8.53. The molecule has 3 nitrogen and oxygen atoms in total. The molecule has 0 N–H and O–H groups in total. The summed E-state index contributed by atoms with van der Waals surface area (Å²) in [7, 11) is 0.862. The SMILES string of the molecule is Cn1nc(I)c(S)c1/C=C/COS(C)(C)C(C)(C)C. The molecule has 1 rings (SSSR count). The van der Waals surface area contributed by atoms with Gasteiger partial charge in [0.1, 0.15) is 3.70 Å². The van der Waals surface area contributed by atoms with Crippen molar-refractivity contribution in [3.8, 4) is 0 Å². The average molecular weight is 414 g/mol. The Morgan fingerprint density at radius 3 is 2.42 bits per heavy atom. The van der Waals surface area contributed by atoms with E-state index in [1.54, 1.807) is 0 Å². The van der Waals surface area contributed by atoms with Crippen LogP contribution in [0.4, 0.5) is 0 Å². The van der Waals surface area contributed by atoms with Crippen LogP contribution in [0, 0.1) is 3.70 Å². The Balaban J connectivity index is 2.66. The highest BCUT2D eigenvalue weighted by Gasteiger charge is 2.28. The summed E-state index contributed by atoms with van der Waals surface area (Å²) in [5.74, 6) is 0. The van der Waals surface area contributed by atoms with Gasteiger partial charge in [-0.05, 0) is 41.2 Å². The number of aryl methyl sites for hydroxylation is 1. The van der Waals surface area contributed by atoms with Crippen LogP contribution in [0.1, 0.15) is 26.5 Å². The molecule has 110 valence electrons. The van der Waals surface area contributed by atoms with Gasteiger partial charge in [0.2, 0.25) is 0 Å². The smallest absolute Gasteiger partial charge is 0.137 e. The maximum Gasteiger partial charge on any atom is 0.137 e. The Labute approximate surface area is 137 Å². The summed E-state index contributed by atoms with van der Waals surface area (Å²) in [5, 5.41) is 4.32. The lowest BCUT2D eigenvalue weighted by Crippen LogP contribution is -2.25. The number of thiol groups is 1. The highest BCUT2D eigenvalue weighted by atomic mass is 127. The predicted molar refractivity (Wildman–Crippen MR) is 97.4 cm³/mol. The van der Waals surface area contributed by atoms with E-state index in [1.807, 2.05) is 23.9 Å². The molecule has 0 aliphatic carbocycles. The van der Waals surface area contributed by atoms with Crippen molar-refractivity contribution in [2.24, 2.45) is 7.05 Å². The molecule has 6 heteroatoms. The first-order valence-corrected chi connectivity index (χ1v) is 9.91. The van der Waals surface area contributed by atoms with E-state index in [4.69, 9.17) is 4.18 Å². The summed E-state index contributed by atoms with van der Waals surface area (Å²) in [6.45, 7) is 7.29. The van der Waals surface area contributed by atoms with Gasteiger partial charge in [0.05, 0.1) is 17.2 Å². The van der Waals surface area contributed by atoms with Gasteiger partial charge in [0.15, 0.2) is 0 Å². The van der Waals surface area contributed by atoms with Gasteiger partial charge >= 0.3 is 0 Å².